The van der Waals surface area contributed by atoms with Crippen LogP contribution in [0.1, 0.15) is 30.5 Å². The van der Waals surface area contributed by atoms with Gasteiger partial charge < -0.3 is 4.90 Å². The number of hydrogen-bond donors (Lipinski definition) is 0. The maximum atomic E-state index is 13.3. The van der Waals surface area contributed by atoms with E-state index in [1.54, 1.807) is 24.8 Å². The van der Waals surface area contributed by atoms with E-state index in [9.17, 15) is 9.59 Å². The smallest absolute Gasteiger partial charge is 0.305 e. The first-order valence-electron chi connectivity index (χ1n) is 9.76. The first-order valence-corrected chi connectivity index (χ1v) is 10.1. The summed E-state index contributed by atoms with van der Waals surface area (Å²) in [6.07, 6.45) is 2.25. The van der Waals surface area contributed by atoms with E-state index in [0.717, 1.165) is 17.5 Å². The minimum atomic E-state index is -0.979. The average Bonchev–Trinajstić information content (AvgIpc) is 2.89. The van der Waals surface area contributed by atoms with E-state index in [0.29, 0.717) is 12.2 Å². The number of carbonyl (C=O) groups is 2. The van der Waals surface area contributed by atoms with Crippen LogP contribution >= 0.6 is 11.6 Å². The summed E-state index contributed by atoms with van der Waals surface area (Å²) in [5.41, 5.74) is 2.79. The number of imide groups is 1. The molecule has 0 atom stereocenters. The van der Waals surface area contributed by atoms with Crippen LogP contribution in [0.25, 0.3) is 0 Å². The lowest BCUT2D eigenvalue weighted by molar-refractivity contribution is -0.123. The number of rotatable bonds is 5. The molecule has 2 aromatic carbocycles. The van der Waals surface area contributed by atoms with Gasteiger partial charge in [0.05, 0.1) is 5.69 Å². The number of benzene rings is 2. The van der Waals surface area contributed by atoms with Gasteiger partial charge in [0.1, 0.15) is 10.7 Å². The predicted molar refractivity (Wildman–Crippen MR) is 117 cm³/mol. The Balaban J connectivity index is 1.65. The lowest BCUT2D eigenvalue weighted by Gasteiger charge is -2.28. The zero-order valence-electron chi connectivity index (χ0n) is 16.9. The highest BCUT2D eigenvalue weighted by molar-refractivity contribution is 6.30. The van der Waals surface area contributed by atoms with Crippen LogP contribution in [0.2, 0.25) is 5.15 Å². The molecule has 152 valence electrons. The van der Waals surface area contributed by atoms with Crippen LogP contribution in [0.15, 0.2) is 72.9 Å². The summed E-state index contributed by atoms with van der Waals surface area (Å²) in [5, 5.41) is 0.234. The summed E-state index contributed by atoms with van der Waals surface area (Å²) < 4.78 is 0. The second-order valence-corrected chi connectivity index (χ2v) is 8.22. The number of hydrogen-bond acceptors (Lipinski definition) is 3. The van der Waals surface area contributed by atoms with E-state index in [1.165, 1.54) is 22.7 Å². The Morgan fingerprint density at radius 1 is 0.933 bits per heavy atom. The first-order chi connectivity index (χ1) is 14.4. The average molecular weight is 420 g/mol. The Hall–Kier alpha value is -3.18. The Labute approximate surface area is 180 Å². The molecule has 4 rings (SSSR count). The van der Waals surface area contributed by atoms with E-state index in [1.807, 2.05) is 36.4 Å². The molecule has 1 fully saturated rings. The SMILES string of the molecule is CC1(C)C(=O)N(c2ccnc(Cl)c2)C(=O)N1Cc1ccccc1Cc1ccccc1. The summed E-state index contributed by atoms with van der Waals surface area (Å²) in [6, 6.07) is 21.0. The van der Waals surface area contributed by atoms with E-state index < -0.39 is 5.54 Å². The third kappa shape index (κ3) is 3.68. The normalized spacial score (nSPS) is 15.7. The van der Waals surface area contributed by atoms with Gasteiger partial charge in [0.25, 0.3) is 5.91 Å². The zero-order valence-corrected chi connectivity index (χ0v) is 17.6. The van der Waals surface area contributed by atoms with E-state index in [4.69, 9.17) is 11.6 Å². The molecule has 0 aliphatic carbocycles. The summed E-state index contributed by atoms with van der Waals surface area (Å²) in [4.78, 5) is 33.2. The molecule has 1 saturated heterocycles. The Bertz CT molecular complexity index is 1100. The van der Waals surface area contributed by atoms with Crippen LogP contribution in [0.3, 0.4) is 0 Å². The molecule has 0 bridgehead atoms. The monoisotopic (exact) mass is 419 g/mol. The lowest BCUT2D eigenvalue weighted by Crippen LogP contribution is -2.43. The van der Waals surface area contributed by atoms with Crippen molar-refractivity contribution in [3.05, 3.63) is 94.8 Å². The van der Waals surface area contributed by atoms with Crippen LogP contribution in [0.5, 0.6) is 0 Å². The van der Waals surface area contributed by atoms with E-state index in [-0.39, 0.29) is 17.1 Å². The van der Waals surface area contributed by atoms with Crippen molar-refractivity contribution in [3.8, 4) is 0 Å². The molecule has 1 aliphatic rings. The van der Waals surface area contributed by atoms with Gasteiger partial charge in [-0.15, -0.1) is 0 Å². The minimum Gasteiger partial charge on any atom is -0.305 e. The maximum absolute atomic E-state index is 13.3. The second kappa shape index (κ2) is 7.92. The largest absolute Gasteiger partial charge is 0.332 e. The number of halogens is 1. The van der Waals surface area contributed by atoms with E-state index >= 15 is 0 Å². The minimum absolute atomic E-state index is 0.234. The molecule has 3 amide bonds. The summed E-state index contributed by atoms with van der Waals surface area (Å²) in [7, 11) is 0. The van der Waals surface area contributed by atoms with Gasteiger partial charge in [0.15, 0.2) is 0 Å². The van der Waals surface area contributed by atoms with Crippen LogP contribution in [-0.4, -0.2) is 27.4 Å². The van der Waals surface area contributed by atoms with Crippen molar-refractivity contribution in [2.45, 2.75) is 32.4 Å². The van der Waals surface area contributed by atoms with E-state index in [2.05, 4.69) is 23.2 Å². The number of nitrogens with zero attached hydrogens (tertiary/aromatic N) is 3. The van der Waals surface area contributed by atoms with Crippen molar-refractivity contribution in [2.24, 2.45) is 0 Å². The van der Waals surface area contributed by atoms with Gasteiger partial charge >= 0.3 is 6.03 Å². The fourth-order valence-electron chi connectivity index (χ4n) is 3.73. The molecule has 0 radical (unpaired) electrons. The molecule has 1 aliphatic heterocycles. The number of amides is 3. The highest BCUT2D eigenvalue weighted by Crippen LogP contribution is 2.34. The molecule has 5 nitrogen and oxygen atoms in total. The number of anilines is 1. The fraction of sp³-hybridized carbons (Fsp3) is 0.208. The molecule has 0 spiro atoms. The van der Waals surface area contributed by atoms with Gasteiger partial charge in [-0.2, -0.15) is 0 Å². The third-order valence-corrected chi connectivity index (χ3v) is 5.68. The molecule has 30 heavy (non-hydrogen) atoms. The Morgan fingerprint density at radius 2 is 1.60 bits per heavy atom. The highest BCUT2D eigenvalue weighted by Gasteiger charge is 2.51. The quantitative estimate of drug-likeness (QED) is 0.428. The van der Waals surface area contributed by atoms with Crippen LogP contribution in [-0.2, 0) is 17.8 Å². The van der Waals surface area contributed by atoms with Crippen LogP contribution < -0.4 is 4.90 Å². The second-order valence-electron chi connectivity index (χ2n) is 7.84. The van der Waals surface area contributed by atoms with Crippen molar-refractivity contribution in [2.75, 3.05) is 4.90 Å². The Kier molecular flexibility index (Phi) is 5.31. The molecular weight excluding hydrogens is 398 g/mol. The van der Waals surface area contributed by atoms with Crippen molar-refractivity contribution in [3.63, 3.8) is 0 Å². The van der Waals surface area contributed by atoms with Crippen molar-refractivity contribution in [1.82, 2.24) is 9.88 Å². The van der Waals surface area contributed by atoms with Crippen molar-refractivity contribution in [1.29, 1.82) is 0 Å². The number of urea groups is 1. The third-order valence-electron chi connectivity index (χ3n) is 5.48. The fourth-order valence-corrected chi connectivity index (χ4v) is 3.90. The Morgan fingerprint density at radius 3 is 2.30 bits per heavy atom. The first kappa shape index (κ1) is 20.1. The zero-order chi connectivity index (χ0) is 21.3. The maximum Gasteiger partial charge on any atom is 0.332 e. The molecule has 0 unspecified atom stereocenters. The molecule has 0 N–H and O–H groups in total. The molecule has 2 heterocycles. The standard InChI is InChI=1S/C24H22ClN3O2/c1-24(2)22(29)28(20-12-13-26-21(25)15-20)23(30)27(24)16-19-11-7-6-10-18(19)14-17-8-4-3-5-9-17/h3-13,15H,14,16H2,1-2H3. The van der Waals surface area contributed by atoms with Crippen molar-refractivity contribution < 1.29 is 9.59 Å². The van der Waals surface area contributed by atoms with Gasteiger partial charge in [-0.1, -0.05) is 66.2 Å². The number of carbonyl (C=O) groups excluding carboxylic acids is 2. The number of pyridine rings is 1. The predicted octanol–water partition coefficient (Wildman–Crippen LogP) is 5.07. The van der Waals surface area contributed by atoms with Gasteiger partial charge in [-0.25, -0.2) is 14.7 Å². The molecule has 1 aromatic heterocycles. The van der Waals surface area contributed by atoms with Gasteiger partial charge in [-0.05, 0) is 49.1 Å². The topological polar surface area (TPSA) is 53.5 Å². The summed E-state index contributed by atoms with van der Waals surface area (Å²) in [5.74, 6) is -0.282. The molecule has 0 saturated carbocycles. The molecule has 6 heteroatoms. The molecular formula is C24H22ClN3O2. The lowest BCUT2D eigenvalue weighted by atomic mass is 9.97. The molecule has 3 aromatic rings. The van der Waals surface area contributed by atoms with Gasteiger partial charge in [-0.3, -0.25) is 4.79 Å². The number of aromatic nitrogens is 1. The summed E-state index contributed by atoms with van der Waals surface area (Å²) in [6.45, 7) is 3.89. The van der Waals surface area contributed by atoms with Crippen molar-refractivity contribution >= 4 is 29.2 Å². The van der Waals surface area contributed by atoms with Crippen LogP contribution in [0.4, 0.5) is 10.5 Å². The van der Waals surface area contributed by atoms with Gasteiger partial charge in [0, 0.05) is 12.7 Å². The van der Waals surface area contributed by atoms with Gasteiger partial charge in [0.2, 0.25) is 0 Å². The highest BCUT2D eigenvalue weighted by atomic mass is 35.5. The van der Waals surface area contributed by atoms with Crippen LogP contribution in [0, 0.1) is 0 Å². The summed E-state index contributed by atoms with van der Waals surface area (Å²) >= 11 is 5.98.